The number of likely N-dealkylation sites (tertiary alicyclic amines) is 1. The Morgan fingerprint density at radius 3 is 2.63 bits per heavy atom. The molecule has 0 saturated carbocycles. The highest BCUT2D eigenvalue weighted by atomic mass is 35.5. The van der Waals surface area contributed by atoms with E-state index >= 15 is 0 Å². The second-order valence-electron chi connectivity index (χ2n) is 7.92. The average Bonchev–Trinajstić information content (AvgIpc) is 2.80. The number of halogens is 3. The maximum Gasteiger partial charge on any atom is 0.269 e. The van der Waals surface area contributed by atoms with Gasteiger partial charge >= 0.3 is 0 Å². The van der Waals surface area contributed by atoms with E-state index in [0.717, 1.165) is 6.07 Å². The van der Waals surface area contributed by atoms with Gasteiger partial charge in [0.05, 0.1) is 37.1 Å². The predicted molar refractivity (Wildman–Crippen MR) is 129 cm³/mol. The van der Waals surface area contributed by atoms with Gasteiger partial charge < -0.3 is 25.0 Å². The molecule has 0 bridgehead atoms. The molecule has 2 N–H and O–H groups in total. The molecule has 0 atom stereocenters. The van der Waals surface area contributed by atoms with E-state index in [4.69, 9.17) is 21.1 Å². The van der Waals surface area contributed by atoms with Crippen LogP contribution in [-0.2, 0) is 4.79 Å². The number of hydrogen-bond donors (Lipinski definition) is 2. The Labute approximate surface area is 205 Å². The number of allylic oxidation sites excluding steroid dienone is 1. The summed E-state index contributed by atoms with van der Waals surface area (Å²) in [7, 11) is 1.49. The van der Waals surface area contributed by atoms with E-state index in [1.165, 1.54) is 19.5 Å². The molecule has 0 spiro atoms. The molecule has 2 aromatic carbocycles. The van der Waals surface area contributed by atoms with Crippen molar-refractivity contribution in [2.75, 3.05) is 25.5 Å². The van der Waals surface area contributed by atoms with Crippen LogP contribution < -0.4 is 20.1 Å². The Kier molecular flexibility index (Phi) is 6.74. The molecule has 3 aromatic rings. The normalized spacial score (nSPS) is 13.2. The van der Waals surface area contributed by atoms with Crippen molar-refractivity contribution in [2.45, 2.75) is 13.0 Å². The second kappa shape index (κ2) is 9.75. The summed E-state index contributed by atoms with van der Waals surface area (Å²) in [6.45, 7) is 9.87. The zero-order valence-corrected chi connectivity index (χ0v) is 19.7. The molecule has 182 valence electrons. The van der Waals surface area contributed by atoms with E-state index in [2.05, 4.69) is 33.8 Å². The summed E-state index contributed by atoms with van der Waals surface area (Å²) >= 11 is 5.69. The van der Waals surface area contributed by atoms with E-state index in [-0.39, 0.29) is 29.2 Å². The largest absolute Gasteiger partial charge is 0.493 e. The summed E-state index contributed by atoms with van der Waals surface area (Å²) in [5.41, 5.74) is 1.31. The predicted octanol–water partition coefficient (Wildman–Crippen LogP) is 4.54. The number of anilines is 2. The highest BCUT2D eigenvalue weighted by Crippen LogP contribution is 2.37. The third kappa shape index (κ3) is 4.97. The van der Waals surface area contributed by atoms with Crippen LogP contribution in [0.25, 0.3) is 10.9 Å². The lowest BCUT2D eigenvalue weighted by molar-refractivity contribution is -0.136. The second-order valence-corrected chi connectivity index (χ2v) is 8.30. The van der Waals surface area contributed by atoms with E-state index < -0.39 is 16.7 Å². The minimum Gasteiger partial charge on any atom is -0.493 e. The van der Waals surface area contributed by atoms with Gasteiger partial charge in [0.15, 0.2) is 17.3 Å². The van der Waals surface area contributed by atoms with Crippen molar-refractivity contribution in [1.82, 2.24) is 20.2 Å². The van der Waals surface area contributed by atoms with Crippen LogP contribution >= 0.6 is 11.6 Å². The minimum absolute atomic E-state index is 0.0496. The first-order valence-corrected chi connectivity index (χ1v) is 10.9. The lowest BCUT2D eigenvalue weighted by atomic mass is 10.1. The number of carbonyl (C=O) groups excluding carboxylic acids is 1. The molecule has 0 aliphatic carbocycles. The van der Waals surface area contributed by atoms with Crippen LogP contribution in [0.1, 0.15) is 6.92 Å². The Bertz CT molecular complexity index is 1340. The maximum atomic E-state index is 14.4. The summed E-state index contributed by atoms with van der Waals surface area (Å²) < 4.78 is 39.5. The van der Waals surface area contributed by atoms with Crippen LogP contribution in [0.15, 0.2) is 55.1 Å². The average molecular weight is 502 g/mol. The molecule has 1 fully saturated rings. The van der Waals surface area contributed by atoms with Crippen molar-refractivity contribution in [3.05, 3.63) is 71.8 Å². The number of methoxy groups -OCH3 is 1. The van der Waals surface area contributed by atoms with Gasteiger partial charge in [0.1, 0.15) is 29.1 Å². The fourth-order valence-electron chi connectivity index (χ4n) is 3.53. The first-order valence-electron chi connectivity index (χ1n) is 10.5. The highest BCUT2D eigenvalue weighted by Gasteiger charge is 2.34. The smallest absolute Gasteiger partial charge is 0.269 e. The standard InChI is InChI=1S/C24H22ClF2N5O3/c1-12(2)30-13(3)24(33)32-9-14(10-32)35-20-7-15-18(8-19(20)34-4)28-11-29-23(15)31-17-6-5-16(26)21(25)22(17)27/h5-8,11,14,30H,1,3,9-10H2,2,4H3,(H,28,29,31). The molecule has 0 radical (unpaired) electrons. The number of nitrogens with one attached hydrogen (secondary N) is 2. The quantitative estimate of drug-likeness (QED) is 0.346. The molecule has 2 heterocycles. The van der Waals surface area contributed by atoms with Gasteiger partial charge in [-0.3, -0.25) is 4.79 Å². The molecular weight excluding hydrogens is 480 g/mol. The Morgan fingerprint density at radius 2 is 1.94 bits per heavy atom. The number of fused-ring (bicyclic) bond motifs is 1. The van der Waals surface area contributed by atoms with Crippen molar-refractivity contribution in [3.63, 3.8) is 0 Å². The molecule has 35 heavy (non-hydrogen) atoms. The maximum absolute atomic E-state index is 14.4. The molecule has 1 saturated heterocycles. The van der Waals surface area contributed by atoms with Gasteiger partial charge in [0, 0.05) is 17.1 Å². The fraction of sp³-hybridized carbons (Fsp3) is 0.208. The Balaban J connectivity index is 1.56. The molecule has 1 aliphatic rings. The molecule has 1 aromatic heterocycles. The SMILES string of the molecule is C=C(C)NC(=C)C(=O)N1CC(Oc2cc3c(Nc4ccc(F)c(Cl)c4F)ncnc3cc2OC)C1. The summed E-state index contributed by atoms with van der Waals surface area (Å²) in [4.78, 5) is 22.4. The molecule has 0 unspecified atom stereocenters. The van der Waals surface area contributed by atoms with E-state index in [1.54, 1.807) is 24.0 Å². The zero-order valence-electron chi connectivity index (χ0n) is 19.0. The van der Waals surface area contributed by atoms with Gasteiger partial charge in [0.25, 0.3) is 5.91 Å². The summed E-state index contributed by atoms with van der Waals surface area (Å²) in [5, 5.41) is 5.53. The monoisotopic (exact) mass is 501 g/mol. The van der Waals surface area contributed by atoms with Crippen LogP contribution in [0, 0.1) is 11.6 Å². The zero-order chi connectivity index (χ0) is 25.3. The van der Waals surface area contributed by atoms with Crippen LogP contribution in [0.5, 0.6) is 11.5 Å². The Morgan fingerprint density at radius 1 is 1.20 bits per heavy atom. The van der Waals surface area contributed by atoms with E-state index in [0.29, 0.717) is 41.2 Å². The van der Waals surface area contributed by atoms with E-state index in [9.17, 15) is 13.6 Å². The third-order valence-corrected chi connectivity index (χ3v) is 5.61. The highest BCUT2D eigenvalue weighted by molar-refractivity contribution is 6.31. The van der Waals surface area contributed by atoms with Crippen LogP contribution in [0.2, 0.25) is 5.02 Å². The molecule has 1 amide bonds. The van der Waals surface area contributed by atoms with Gasteiger partial charge in [-0.05, 0) is 25.1 Å². The molecular formula is C24H22ClF2N5O3. The van der Waals surface area contributed by atoms with Crippen molar-refractivity contribution in [2.24, 2.45) is 0 Å². The number of aromatic nitrogens is 2. The van der Waals surface area contributed by atoms with Crippen LogP contribution in [0.4, 0.5) is 20.3 Å². The van der Waals surface area contributed by atoms with Crippen LogP contribution in [0.3, 0.4) is 0 Å². The summed E-state index contributed by atoms with van der Waals surface area (Å²) in [5.74, 6) is -0.961. The van der Waals surface area contributed by atoms with Gasteiger partial charge in [-0.15, -0.1) is 0 Å². The van der Waals surface area contributed by atoms with Crippen molar-refractivity contribution in [1.29, 1.82) is 0 Å². The number of ether oxygens (including phenoxy) is 2. The lowest BCUT2D eigenvalue weighted by Crippen LogP contribution is -2.57. The minimum atomic E-state index is -0.939. The third-order valence-electron chi connectivity index (χ3n) is 5.26. The first kappa shape index (κ1) is 24.2. The number of carbonyl (C=O) groups is 1. The number of amides is 1. The topological polar surface area (TPSA) is 88.6 Å². The van der Waals surface area contributed by atoms with Crippen molar-refractivity contribution in [3.8, 4) is 11.5 Å². The van der Waals surface area contributed by atoms with E-state index in [1.807, 2.05) is 0 Å². The van der Waals surface area contributed by atoms with Crippen molar-refractivity contribution >= 4 is 39.9 Å². The number of nitrogens with zero attached hydrogens (tertiary/aromatic N) is 3. The van der Waals surface area contributed by atoms with Gasteiger partial charge in [0.2, 0.25) is 0 Å². The van der Waals surface area contributed by atoms with Crippen molar-refractivity contribution < 1.29 is 23.0 Å². The molecule has 1 aliphatic heterocycles. The molecule has 8 nitrogen and oxygen atoms in total. The summed E-state index contributed by atoms with van der Waals surface area (Å²) in [6, 6.07) is 5.60. The van der Waals surface area contributed by atoms with Gasteiger partial charge in [-0.1, -0.05) is 24.8 Å². The number of hydrogen-bond acceptors (Lipinski definition) is 7. The Hall–Kier alpha value is -3.92. The lowest BCUT2D eigenvalue weighted by Gasteiger charge is -2.39. The molecule has 11 heteroatoms. The first-order chi connectivity index (χ1) is 16.7. The van der Waals surface area contributed by atoms with Crippen LogP contribution in [-0.4, -0.2) is 47.1 Å². The number of benzene rings is 2. The van der Waals surface area contributed by atoms with Gasteiger partial charge in [-0.25, -0.2) is 18.7 Å². The summed E-state index contributed by atoms with van der Waals surface area (Å²) in [6.07, 6.45) is 1.02. The fourth-order valence-corrected chi connectivity index (χ4v) is 3.69. The number of rotatable bonds is 8. The molecule has 4 rings (SSSR count). The van der Waals surface area contributed by atoms with Gasteiger partial charge in [-0.2, -0.15) is 0 Å².